The minimum Gasteiger partial charge on any atom is -0.334 e. The van der Waals surface area contributed by atoms with E-state index in [4.69, 9.17) is 0 Å². The number of aryl methyl sites for hydroxylation is 1. The third kappa shape index (κ3) is 2.85. The summed E-state index contributed by atoms with van der Waals surface area (Å²) in [6.07, 6.45) is 2.44. The number of rotatable bonds is 3. The molecule has 2 amide bonds. The van der Waals surface area contributed by atoms with Crippen molar-refractivity contribution >= 4 is 17.2 Å². The summed E-state index contributed by atoms with van der Waals surface area (Å²) in [6.45, 7) is 1.63. The van der Waals surface area contributed by atoms with Gasteiger partial charge in [0.15, 0.2) is 5.65 Å². The number of fused-ring (bicyclic) bond motifs is 1. The number of imidazole rings is 1. The van der Waals surface area contributed by atoms with Gasteiger partial charge in [-0.15, -0.1) is 0 Å². The second-order valence-corrected chi connectivity index (χ2v) is 6.59. The van der Waals surface area contributed by atoms with Gasteiger partial charge in [-0.1, -0.05) is 30.3 Å². The summed E-state index contributed by atoms with van der Waals surface area (Å²) in [5.74, 6) is 0. The first kappa shape index (κ1) is 16.4. The quantitative estimate of drug-likeness (QED) is 0.783. The van der Waals surface area contributed by atoms with E-state index < -0.39 is 0 Å². The molecule has 7 nitrogen and oxygen atoms in total. The molecule has 0 unspecified atom stereocenters. The van der Waals surface area contributed by atoms with Gasteiger partial charge in [0.1, 0.15) is 0 Å². The third-order valence-corrected chi connectivity index (χ3v) is 4.95. The number of hydrogen-bond donors (Lipinski definition) is 1. The monoisotopic (exact) mass is 351 g/mol. The summed E-state index contributed by atoms with van der Waals surface area (Å²) in [5.41, 5.74) is 2.46. The predicted octanol–water partition coefficient (Wildman–Crippen LogP) is 1.89. The zero-order valence-electron chi connectivity index (χ0n) is 14.6. The van der Waals surface area contributed by atoms with Crippen LogP contribution in [0.15, 0.2) is 53.5 Å². The van der Waals surface area contributed by atoms with Gasteiger partial charge in [0.05, 0.1) is 11.6 Å². The first-order chi connectivity index (χ1) is 12.6. The number of carbonyl (C=O) groups is 1. The van der Waals surface area contributed by atoms with Crippen LogP contribution in [0.5, 0.6) is 0 Å². The zero-order valence-corrected chi connectivity index (χ0v) is 14.6. The lowest BCUT2D eigenvalue weighted by molar-refractivity contribution is 0.206. The van der Waals surface area contributed by atoms with Crippen molar-refractivity contribution in [3.63, 3.8) is 0 Å². The van der Waals surface area contributed by atoms with Gasteiger partial charge in [-0.05, 0) is 24.1 Å². The molecule has 3 aromatic rings. The van der Waals surface area contributed by atoms with Crippen LogP contribution in [0.3, 0.4) is 0 Å². The van der Waals surface area contributed by atoms with Crippen LogP contribution in [0.25, 0.3) is 11.2 Å². The zero-order chi connectivity index (χ0) is 18.1. The van der Waals surface area contributed by atoms with Gasteiger partial charge in [0.25, 0.3) is 0 Å². The predicted molar refractivity (Wildman–Crippen MR) is 98.9 cm³/mol. The normalized spacial score (nSPS) is 17.0. The molecule has 1 saturated heterocycles. The largest absolute Gasteiger partial charge is 0.334 e. The summed E-state index contributed by atoms with van der Waals surface area (Å²) in [6, 6.07) is 13.4. The maximum Gasteiger partial charge on any atom is 0.330 e. The molecule has 4 rings (SSSR count). The van der Waals surface area contributed by atoms with Gasteiger partial charge in [0, 0.05) is 32.9 Å². The van der Waals surface area contributed by atoms with E-state index in [-0.39, 0.29) is 17.8 Å². The summed E-state index contributed by atoms with van der Waals surface area (Å²) in [7, 11) is 1.75. The number of urea groups is 1. The maximum absolute atomic E-state index is 12.6. The Morgan fingerprint density at radius 3 is 2.85 bits per heavy atom. The van der Waals surface area contributed by atoms with Crippen LogP contribution in [0.1, 0.15) is 18.0 Å². The van der Waals surface area contributed by atoms with Gasteiger partial charge in [0.2, 0.25) is 0 Å². The van der Waals surface area contributed by atoms with Crippen LogP contribution in [0, 0.1) is 0 Å². The lowest BCUT2D eigenvalue weighted by atomic mass is 10.2. The van der Waals surface area contributed by atoms with Crippen LogP contribution in [0.2, 0.25) is 0 Å². The summed E-state index contributed by atoms with van der Waals surface area (Å²) >= 11 is 0. The molecule has 1 fully saturated rings. The van der Waals surface area contributed by atoms with Gasteiger partial charge in [-0.25, -0.2) is 14.6 Å². The fourth-order valence-corrected chi connectivity index (χ4v) is 3.54. The molecule has 0 spiro atoms. The average molecular weight is 351 g/mol. The SMILES string of the molecule is Cn1c(=O)n([C@@H]2CCN(C(=O)NCc3ccccc3)C2)c2ncccc21. The molecule has 0 bridgehead atoms. The van der Waals surface area contributed by atoms with E-state index in [0.29, 0.717) is 25.3 Å². The van der Waals surface area contributed by atoms with E-state index >= 15 is 0 Å². The summed E-state index contributed by atoms with van der Waals surface area (Å²) in [4.78, 5) is 31.2. The molecule has 0 saturated carbocycles. The lowest BCUT2D eigenvalue weighted by Gasteiger charge is -2.17. The Labute approximate surface area is 150 Å². The molecule has 2 aromatic heterocycles. The molecule has 1 aliphatic heterocycles. The molecule has 26 heavy (non-hydrogen) atoms. The molecule has 1 aromatic carbocycles. The number of pyridine rings is 1. The molecular weight excluding hydrogens is 330 g/mol. The van der Waals surface area contributed by atoms with E-state index in [1.165, 1.54) is 0 Å². The molecule has 0 radical (unpaired) electrons. The van der Waals surface area contributed by atoms with Crippen LogP contribution in [-0.4, -0.2) is 38.1 Å². The van der Waals surface area contributed by atoms with Crippen molar-refractivity contribution in [1.29, 1.82) is 0 Å². The Kier molecular flexibility index (Phi) is 4.20. The van der Waals surface area contributed by atoms with Crippen molar-refractivity contribution in [3.05, 3.63) is 64.7 Å². The average Bonchev–Trinajstić information content (AvgIpc) is 3.25. The number of aromatic nitrogens is 3. The Balaban J connectivity index is 1.48. The van der Waals surface area contributed by atoms with Crippen molar-refractivity contribution in [3.8, 4) is 0 Å². The van der Waals surface area contributed by atoms with Crippen molar-refractivity contribution in [2.24, 2.45) is 7.05 Å². The Hall–Kier alpha value is -3.09. The number of nitrogens with one attached hydrogen (secondary N) is 1. The first-order valence-electron chi connectivity index (χ1n) is 8.74. The van der Waals surface area contributed by atoms with Crippen molar-refractivity contribution in [2.45, 2.75) is 19.0 Å². The third-order valence-electron chi connectivity index (χ3n) is 4.95. The highest BCUT2D eigenvalue weighted by Crippen LogP contribution is 2.23. The second-order valence-electron chi connectivity index (χ2n) is 6.59. The van der Waals surface area contributed by atoms with Crippen LogP contribution >= 0.6 is 0 Å². The maximum atomic E-state index is 12.6. The van der Waals surface area contributed by atoms with Crippen LogP contribution in [-0.2, 0) is 13.6 Å². The van der Waals surface area contributed by atoms with Crippen molar-refractivity contribution in [2.75, 3.05) is 13.1 Å². The highest BCUT2D eigenvalue weighted by atomic mass is 16.2. The molecule has 1 aliphatic rings. The molecule has 7 heteroatoms. The Bertz CT molecular complexity index is 992. The van der Waals surface area contributed by atoms with Gasteiger partial charge >= 0.3 is 11.7 Å². The molecule has 3 heterocycles. The second kappa shape index (κ2) is 6.67. The summed E-state index contributed by atoms with van der Waals surface area (Å²) < 4.78 is 3.33. The molecule has 1 N–H and O–H groups in total. The highest BCUT2D eigenvalue weighted by Gasteiger charge is 2.30. The van der Waals surface area contributed by atoms with Crippen molar-refractivity contribution < 1.29 is 4.79 Å². The Morgan fingerprint density at radius 2 is 2.04 bits per heavy atom. The van der Waals surface area contributed by atoms with E-state index in [2.05, 4.69) is 10.3 Å². The Morgan fingerprint density at radius 1 is 1.23 bits per heavy atom. The van der Waals surface area contributed by atoms with Crippen LogP contribution in [0.4, 0.5) is 4.79 Å². The number of likely N-dealkylation sites (tertiary alicyclic amines) is 1. The smallest absolute Gasteiger partial charge is 0.330 e. The number of benzene rings is 1. The van der Waals surface area contributed by atoms with E-state index in [1.54, 1.807) is 27.3 Å². The summed E-state index contributed by atoms with van der Waals surface area (Å²) in [5, 5.41) is 2.95. The van der Waals surface area contributed by atoms with E-state index in [0.717, 1.165) is 17.5 Å². The molecule has 134 valence electrons. The lowest BCUT2D eigenvalue weighted by Crippen LogP contribution is -2.38. The van der Waals surface area contributed by atoms with Gasteiger partial charge in [-0.2, -0.15) is 0 Å². The standard InChI is InChI=1S/C19H21N5O2/c1-22-16-8-5-10-20-17(16)24(19(22)26)15-9-11-23(13-15)18(25)21-12-14-6-3-2-4-7-14/h2-8,10,15H,9,11-13H2,1H3,(H,21,25)/t15-/m1/s1. The van der Waals surface area contributed by atoms with Gasteiger partial charge in [-0.3, -0.25) is 9.13 Å². The van der Waals surface area contributed by atoms with E-state index in [1.807, 2.05) is 42.5 Å². The molecule has 0 aliphatic carbocycles. The topological polar surface area (TPSA) is 72.2 Å². The number of carbonyl (C=O) groups excluding carboxylic acids is 1. The van der Waals surface area contributed by atoms with Crippen LogP contribution < -0.4 is 11.0 Å². The number of hydrogen-bond acceptors (Lipinski definition) is 3. The molecular formula is C19H21N5O2. The van der Waals surface area contributed by atoms with Crippen molar-refractivity contribution in [1.82, 2.24) is 24.3 Å². The van der Waals surface area contributed by atoms with Gasteiger partial charge < -0.3 is 10.2 Å². The van der Waals surface area contributed by atoms with E-state index in [9.17, 15) is 9.59 Å². The number of amides is 2. The fraction of sp³-hybridized carbons (Fsp3) is 0.316. The minimum atomic E-state index is -0.0994. The number of nitrogens with zero attached hydrogens (tertiary/aromatic N) is 4. The first-order valence-corrected chi connectivity index (χ1v) is 8.74. The molecule has 1 atom stereocenters. The highest BCUT2D eigenvalue weighted by molar-refractivity contribution is 5.75. The minimum absolute atomic E-state index is 0.0522. The fourth-order valence-electron chi connectivity index (χ4n) is 3.54.